The van der Waals surface area contributed by atoms with Crippen molar-refractivity contribution in [2.75, 3.05) is 7.11 Å². The fourth-order valence-electron chi connectivity index (χ4n) is 5.22. The minimum absolute atomic E-state index is 0.0169. The average Bonchev–Trinajstić information content (AvgIpc) is 3.57. The van der Waals surface area contributed by atoms with E-state index in [4.69, 9.17) is 4.74 Å². The Bertz CT molecular complexity index is 1330. The number of hydrogen-bond acceptors (Lipinski definition) is 6. The lowest BCUT2D eigenvalue weighted by Gasteiger charge is -2.31. The number of methoxy groups -OCH3 is 1. The van der Waals surface area contributed by atoms with E-state index in [1.54, 1.807) is 7.11 Å². The first-order valence-corrected chi connectivity index (χ1v) is 12.4. The molecule has 1 N–H and O–H groups in total. The van der Waals surface area contributed by atoms with Crippen molar-refractivity contribution >= 4 is 10.9 Å². The lowest BCUT2D eigenvalue weighted by Crippen LogP contribution is -2.32. The molecule has 35 heavy (non-hydrogen) atoms. The molecule has 1 fully saturated rings. The van der Waals surface area contributed by atoms with Crippen LogP contribution < -0.4 is 10.3 Å². The fourth-order valence-corrected chi connectivity index (χ4v) is 5.22. The van der Waals surface area contributed by atoms with Gasteiger partial charge in [0.05, 0.1) is 24.7 Å². The molecule has 8 heteroatoms. The molecule has 2 heterocycles. The highest BCUT2D eigenvalue weighted by Crippen LogP contribution is 2.33. The molecule has 182 valence electrons. The molecule has 0 aliphatic heterocycles. The molecule has 8 nitrogen and oxygen atoms in total. The predicted octanol–water partition coefficient (Wildman–Crippen LogP) is 4.79. The molecule has 1 atom stereocenters. The Balaban J connectivity index is 1.52. The standard InChI is InChI=1S/C27H32N6O2/c1-3-25(26-29-30-31-33(26)22-11-7-8-12-22)32(17-19-9-5-4-6-10-19)18-21-15-20-13-14-23(35-2)16-24(20)28-27(21)34/h4-6,9-10,13-16,22,25H,3,7-8,11-12,17-18H2,1-2H3,(H,28,34)/t25-/m0/s1. The van der Waals surface area contributed by atoms with Crippen molar-refractivity contribution in [1.29, 1.82) is 0 Å². The lowest BCUT2D eigenvalue weighted by molar-refractivity contribution is 0.158. The summed E-state index contributed by atoms with van der Waals surface area (Å²) >= 11 is 0. The third kappa shape index (κ3) is 4.98. The van der Waals surface area contributed by atoms with Crippen LogP contribution in [0.4, 0.5) is 0 Å². The van der Waals surface area contributed by atoms with Crippen molar-refractivity contribution in [1.82, 2.24) is 30.1 Å². The van der Waals surface area contributed by atoms with Crippen LogP contribution in [0.25, 0.3) is 10.9 Å². The smallest absolute Gasteiger partial charge is 0.252 e. The summed E-state index contributed by atoms with van der Waals surface area (Å²) in [6.07, 6.45) is 5.49. The molecule has 0 spiro atoms. The highest BCUT2D eigenvalue weighted by molar-refractivity contribution is 5.80. The molecule has 2 aromatic carbocycles. The first-order chi connectivity index (χ1) is 17.2. The van der Waals surface area contributed by atoms with Gasteiger partial charge in [-0.25, -0.2) is 4.68 Å². The van der Waals surface area contributed by atoms with Gasteiger partial charge in [0.15, 0.2) is 5.82 Å². The van der Waals surface area contributed by atoms with Crippen molar-refractivity contribution in [3.05, 3.63) is 81.9 Å². The second kappa shape index (κ2) is 10.4. The summed E-state index contributed by atoms with van der Waals surface area (Å²) in [6.45, 7) is 3.34. The van der Waals surface area contributed by atoms with Gasteiger partial charge in [0, 0.05) is 24.7 Å². The zero-order valence-electron chi connectivity index (χ0n) is 20.4. The number of aromatic amines is 1. The molecule has 4 aromatic rings. The molecular formula is C27H32N6O2. The molecule has 0 unspecified atom stereocenters. The maximum atomic E-state index is 13.1. The molecule has 1 saturated carbocycles. The van der Waals surface area contributed by atoms with Gasteiger partial charge in [-0.2, -0.15) is 0 Å². The van der Waals surface area contributed by atoms with Crippen LogP contribution in [0.2, 0.25) is 0 Å². The van der Waals surface area contributed by atoms with E-state index in [0.29, 0.717) is 19.1 Å². The highest BCUT2D eigenvalue weighted by atomic mass is 16.5. The largest absolute Gasteiger partial charge is 0.497 e. The van der Waals surface area contributed by atoms with Gasteiger partial charge >= 0.3 is 0 Å². The van der Waals surface area contributed by atoms with Crippen molar-refractivity contribution < 1.29 is 4.74 Å². The summed E-state index contributed by atoms with van der Waals surface area (Å²) in [5.41, 5.74) is 2.59. The Kier molecular flexibility index (Phi) is 6.90. The Hall–Kier alpha value is -3.52. The summed E-state index contributed by atoms with van der Waals surface area (Å²) in [5.74, 6) is 1.61. The minimum atomic E-state index is -0.0888. The monoisotopic (exact) mass is 472 g/mol. The number of benzene rings is 2. The number of H-pyrrole nitrogens is 1. The van der Waals surface area contributed by atoms with Gasteiger partial charge < -0.3 is 9.72 Å². The van der Waals surface area contributed by atoms with Crippen molar-refractivity contribution in [3.8, 4) is 5.75 Å². The molecule has 0 bridgehead atoms. The Morgan fingerprint density at radius 2 is 1.91 bits per heavy atom. The first kappa shape index (κ1) is 23.2. The van der Waals surface area contributed by atoms with Gasteiger partial charge in [0.2, 0.25) is 0 Å². The van der Waals surface area contributed by atoms with E-state index in [9.17, 15) is 4.79 Å². The fraction of sp³-hybridized carbons (Fsp3) is 0.407. The number of hydrogen-bond donors (Lipinski definition) is 1. The number of nitrogens with one attached hydrogen (secondary N) is 1. The van der Waals surface area contributed by atoms with E-state index in [1.165, 1.54) is 18.4 Å². The van der Waals surface area contributed by atoms with Crippen molar-refractivity contribution in [3.63, 3.8) is 0 Å². The first-order valence-electron chi connectivity index (χ1n) is 12.4. The third-order valence-corrected chi connectivity index (χ3v) is 7.05. The number of nitrogens with zero attached hydrogens (tertiary/aromatic N) is 5. The maximum Gasteiger partial charge on any atom is 0.252 e. The average molecular weight is 473 g/mol. The van der Waals surface area contributed by atoms with Gasteiger partial charge in [-0.3, -0.25) is 9.69 Å². The zero-order valence-corrected chi connectivity index (χ0v) is 20.4. The predicted molar refractivity (Wildman–Crippen MR) is 135 cm³/mol. The maximum absolute atomic E-state index is 13.1. The number of ether oxygens (including phenoxy) is 1. The van der Waals surface area contributed by atoms with Crippen LogP contribution in [-0.2, 0) is 13.1 Å². The van der Waals surface area contributed by atoms with Gasteiger partial charge in [0.25, 0.3) is 5.56 Å². The lowest BCUT2D eigenvalue weighted by atomic mass is 10.1. The zero-order chi connectivity index (χ0) is 24.2. The van der Waals surface area contributed by atoms with Crippen LogP contribution in [0.5, 0.6) is 5.75 Å². The highest BCUT2D eigenvalue weighted by Gasteiger charge is 2.29. The van der Waals surface area contributed by atoms with Crippen molar-refractivity contribution in [2.45, 2.75) is 64.2 Å². The summed E-state index contributed by atoms with van der Waals surface area (Å²) in [7, 11) is 1.62. The number of aromatic nitrogens is 5. The topological polar surface area (TPSA) is 88.9 Å². The second-order valence-corrected chi connectivity index (χ2v) is 9.31. The molecular weight excluding hydrogens is 440 g/mol. The summed E-state index contributed by atoms with van der Waals surface area (Å²) in [6, 6.07) is 18.4. The van der Waals surface area contributed by atoms with Crippen LogP contribution in [0, 0.1) is 0 Å². The van der Waals surface area contributed by atoms with E-state index >= 15 is 0 Å². The Labute approximate surface area is 204 Å². The normalized spacial score (nSPS) is 15.2. The Morgan fingerprint density at radius 1 is 1.11 bits per heavy atom. The van der Waals surface area contributed by atoms with Crippen LogP contribution in [0.1, 0.15) is 68.1 Å². The SMILES string of the molecule is CC[C@@H](c1nnnn1C1CCCC1)N(Cc1ccccc1)Cc1cc2ccc(OC)cc2[nH]c1=O. The van der Waals surface area contributed by atoms with Crippen LogP contribution >= 0.6 is 0 Å². The molecule has 1 aliphatic rings. The van der Waals surface area contributed by atoms with E-state index in [1.807, 2.05) is 47.1 Å². The molecule has 0 amide bonds. The molecule has 1 aliphatic carbocycles. The number of fused-ring (bicyclic) bond motifs is 1. The second-order valence-electron chi connectivity index (χ2n) is 9.31. The van der Waals surface area contributed by atoms with Gasteiger partial charge in [0.1, 0.15) is 5.75 Å². The van der Waals surface area contributed by atoms with E-state index in [0.717, 1.165) is 47.3 Å². The quantitative estimate of drug-likeness (QED) is 0.377. The molecule has 0 saturated heterocycles. The van der Waals surface area contributed by atoms with Gasteiger partial charge in [-0.05, 0) is 58.8 Å². The van der Waals surface area contributed by atoms with E-state index < -0.39 is 0 Å². The van der Waals surface area contributed by atoms with Crippen LogP contribution in [-0.4, -0.2) is 37.2 Å². The van der Waals surface area contributed by atoms with Gasteiger partial charge in [-0.1, -0.05) is 50.1 Å². The number of rotatable bonds is 9. The number of tetrazole rings is 1. The van der Waals surface area contributed by atoms with Crippen LogP contribution in [0.3, 0.4) is 0 Å². The summed E-state index contributed by atoms with van der Waals surface area (Å²) < 4.78 is 7.35. The summed E-state index contributed by atoms with van der Waals surface area (Å²) in [4.78, 5) is 18.5. The van der Waals surface area contributed by atoms with E-state index in [2.05, 4.69) is 44.5 Å². The van der Waals surface area contributed by atoms with Crippen molar-refractivity contribution in [2.24, 2.45) is 0 Å². The number of pyridine rings is 1. The third-order valence-electron chi connectivity index (χ3n) is 7.05. The van der Waals surface area contributed by atoms with E-state index in [-0.39, 0.29) is 11.6 Å². The Morgan fingerprint density at radius 3 is 2.66 bits per heavy atom. The van der Waals surface area contributed by atoms with Crippen LogP contribution in [0.15, 0.2) is 59.4 Å². The minimum Gasteiger partial charge on any atom is -0.497 e. The summed E-state index contributed by atoms with van der Waals surface area (Å²) in [5, 5.41) is 13.9. The van der Waals surface area contributed by atoms with Gasteiger partial charge in [-0.15, -0.1) is 5.10 Å². The molecule has 0 radical (unpaired) electrons. The molecule has 2 aromatic heterocycles. The molecule has 5 rings (SSSR count).